The highest BCUT2D eigenvalue weighted by molar-refractivity contribution is 7.07. The van der Waals surface area contributed by atoms with E-state index >= 15 is 0 Å². The number of rotatable bonds is 6. The number of hydrogen-bond donors (Lipinski definition) is 1. The van der Waals surface area contributed by atoms with Gasteiger partial charge in [0.25, 0.3) is 0 Å². The molecule has 0 unspecified atom stereocenters. The van der Waals surface area contributed by atoms with Crippen LogP contribution in [0.5, 0.6) is 0 Å². The van der Waals surface area contributed by atoms with Crippen LogP contribution in [-0.4, -0.2) is 19.6 Å². The number of carbonyl (C=O) groups excluding carboxylic acids is 1. The van der Waals surface area contributed by atoms with Gasteiger partial charge in [0, 0.05) is 25.3 Å². The number of amides is 1. The first kappa shape index (κ1) is 13.6. The van der Waals surface area contributed by atoms with Crippen LogP contribution in [0.3, 0.4) is 0 Å². The second-order valence-corrected chi connectivity index (χ2v) is 4.70. The predicted molar refractivity (Wildman–Crippen MR) is 74.8 cm³/mol. The Bertz CT molecular complexity index is 517. The summed E-state index contributed by atoms with van der Waals surface area (Å²) in [5.41, 5.74) is 1.93. The van der Waals surface area contributed by atoms with Gasteiger partial charge in [-0.3, -0.25) is 4.79 Å². The van der Waals surface area contributed by atoms with Crippen LogP contribution in [0.4, 0.5) is 0 Å². The summed E-state index contributed by atoms with van der Waals surface area (Å²) in [5, 5.41) is 6.81. The Morgan fingerprint density at radius 2 is 2.47 bits per heavy atom. The van der Waals surface area contributed by atoms with Crippen molar-refractivity contribution in [2.45, 2.75) is 6.10 Å². The Morgan fingerprint density at radius 3 is 3.11 bits per heavy atom. The topological polar surface area (TPSA) is 51.5 Å². The first-order chi connectivity index (χ1) is 9.29. The van der Waals surface area contributed by atoms with Crippen LogP contribution < -0.4 is 5.32 Å². The van der Waals surface area contributed by atoms with E-state index in [0.29, 0.717) is 6.54 Å². The number of furan rings is 1. The van der Waals surface area contributed by atoms with Crippen LogP contribution >= 0.6 is 11.3 Å². The van der Waals surface area contributed by atoms with Gasteiger partial charge in [0.15, 0.2) is 0 Å². The van der Waals surface area contributed by atoms with Gasteiger partial charge in [-0.2, -0.15) is 11.3 Å². The maximum Gasteiger partial charge on any atom is 0.244 e. The summed E-state index contributed by atoms with van der Waals surface area (Å²) in [5.74, 6) is -0.154. The molecule has 5 heteroatoms. The van der Waals surface area contributed by atoms with Gasteiger partial charge < -0.3 is 14.5 Å². The minimum Gasteiger partial charge on any atom is -0.472 e. The smallest absolute Gasteiger partial charge is 0.244 e. The van der Waals surface area contributed by atoms with E-state index < -0.39 is 0 Å². The van der Waals surface area contributed by atoms with Crippen molar-refractivity contribution >= 4 is 23.3 Å². The molecule has 1 amide bonds. The van der Waals surface area contributed by atoms with Crippen molar-refractivity contribution in [3.05, 3.63) is 52.6 Å². The Hall–Kier alpha value is -1.85. The van der Waals surface area contributed by atoms with Gasteiger partial charge in [0.2, 0.25) is 5.91 Å². The van der Waals surface area contributed by atoms with E-state index in [1.54, 1.807) is 43.1 Å². The first-order valence-electron chi connectivity index (χ1n) is 5.82. The van der Waals surface area contributed by atoms with Crippen molar-refractivity contribution in [2.24, 2.45) is 0 Å². The number of methoxy groups -OCH3 is 1. The van der Waals surface area contributed by atoms with Crippen LogP contribution in [0.25, 0.3) is 6.08 Å². The molecule has 2 rings (SSSR count). The Kier molecular flexibility index (Phi) is 4.94. The molecule has 2 aromatic rings. The quantitative estimate of drug-likeness (QED) is 0.826. The number of thiophene rings is 1. The fourth-order valence-electron chi connectivity index (χ4n) is 1.59. The van der Waals surface area contributed by atoms with Crippen molar-refractivity contribution in [2.75, 3.05) is 13.7 Å². The molecule has 0 spiro atoms. The van der Waals surface area contributed by atoms with Gasteiger partial charge in [-0.15, -0.1) is 0 Å². The van der Waals surface area contributed by atoms with E-state index in [1.807, 2.05) is 16.8 Å². The first-order valence-corrected chi connectivity index (χ1v) is 6.77. The lowest BCUT2D eigenvalue weighted by molar-refractivity contribution is -0.117. The number of ether oxygens (including phenoxy) is 1. The largest absolute Gasteiger partial charge is 0.472 e. The summed E-state index contributed by atoms with van der Waals surface area (Å²) in [6.45, 7) is 0.446. The van der Waals surface area contributed by atoms with Crippen LogP contribution in [0.15, 0.2) is 45.9 Å². The summed E-state index contributed by atoms with van der Waals surface area (Å²) in [4.78, 5) is 11.6. The highest BCUT2D eigenvalue weighted by Gasteiger charge is 2.11. The maximum atomic E-state index is 11.6. The highest BCUT2D eigenvalue weighted by Crippen LogP contribution is 2.18. The molecule has 4 nitrogen and oxygen atoms in total. The minimum atomic E-state index is -0.154. The molecule has 1 N–H and O–H groups in total. The summed E-state index contributed by atoms with van der Waals surface area (Å²) < 4.78 is 10.3. The second-order valence-electron chi connectivity index (χ2n) is 3.92. The molecule has 100 valence electrons. The molecule has 0 radical (unpaired) electrons. The van der Waals surface area contributed by atoms with Gasteiger partial charge in [0.05, 0.1) is 12.5 Å². The molecule has 0 aliphatic rings. The fraction of sp³-hybridized carbons (Fsp3) is 0.214. The van der Waals surface area contributed by atoms with Gasteiger partial charge in [0.1, 0.15) is 6.10 Å². The van der Waals surface area contributed by atoms with Crippen molar-refractivity contribution in [3.63, 3.8) is 0 Å². The molecule has 0 fully saturated rings. The Balaban J connectivity index is 1.82. The predicted octanol–water partition coefficient (Wildman–Crippen LogP) is 2.86. The summed E-state index contributed by atoms with van der Waals surface area (Å²) >= 11 is 1.61. The normalized spacial score (nSPS) is 12.7. The molecule has 0 aliphatic heterocycles. The van der Waals surface area contributed by atoms with Gasteiger partial charge in [-0.25, -0.2) is 0 Å². The SMILES string of the molecule is CO[C@H](CNC(=O)/C=C/c1ccoc1)c1ccsc1. The second kappa shape index (κ2) is 6.92. The van der Waals surface area contributed by atoms with E-state index in [0.717, 1.165) is 11.1 Å². The van der Waals surface area contributed by atoms with Crippen molar-refractivity contribution in [3.8, 4) is 0 Å². The van der Waals surface area contributed by atoms with Gasteiger partial charge in [-0.1, -0.05) is 0 Å². The molecular weight excluding hydrogens is 262 g/mol. The van der Waals surface area contributed by atoms with E-state index in [-0.39, 0.29) is 12.0 Å². The van der Waals surface area contributed by atoms with Crippen LogP contribution in [0.1, 0.15) is 17.2 Å². The van der Waals surface area contributed by atoms with E-state index in [4.69, 9.17) is 9.15 Å². The van der Waals surface area contributed by atoms with Crippen molar-refractivity contribution in [1.82, 2.24) is 5.32 Å². The molecule has 2 aromatic heterocycles. The molecule has 19 heavy (non-hydrogen) atoms. The summed E-state index contributed by atoms with van der Waals surface area (Å²) in [7, 11) is 1.63. The zero-order valence-electron chi connectivity index (χ0n) is 10.5. The van der Waals surface area contributed by atoms with Crippen molar-refractivity contribution < 1.29 is 13.9 Å². The third-order valence-electron chi connectivity index (χ3n) is 2.63. The van der Waals surface area contributed by atoms with Crippen molar-refractivity contribution in [1.29, 1.82) is 0 Å². The third kappa shape index (κ3) is 4.08. The molecule has 1 atom stereocenters. The zero-order valence-corrected chi connectivity index (χ0v) is 11.4. The lowest BCUT2D eigenvalue weighted by atomic mass is 10.2. The fourth-order valence-corrected chi connectivity index (χ4v) is 2.29. The monoisotopic (exact) mass is 277 g/mol. The molecule has 0 saturated heterocycles. The highest BCUT2D eigenvalue weighted by atomic mass is 32.1. The molecule has 2 heterocycles. The lowest BCUT2D eigenvalue weighted by Gasteiger charge is -2.14. The van der Waals surface area contributed by atoms with E-state index in [9.17, 15) is 4.79 Å². The van der Waals surface area contributed by atoms with E-state index in [2.05, 4.69) is 5.32 Å². The molecular formula is C14H15NO3S. The Labute approximate surface area is 115 Å². The van der Waals surface area contributed by atoms with Crippen LogP contribution in [0, 0.1) is 0 Å². The summed E-state index contributed by atoms with van der Waals surface area (Å²) in [6, 6.07) is 3.78. The Morgan fingerprint density at radius 1 is 1.58 bits per heavy atom. The molecule has 0 saturated carbocycles. The number of nitrogens with one attached hydrogen (secondary N) is 1. The number of carbonyl (C=O) groups is 1. The van der Waals surface area contributed by atoms with Crippen LogP contribution in [-0.2, 0) is 9.53 Å². The molecule has 0 aromatic carbocycles. The average molecular weight is 277 g/mol. The van der Waals surface area contributed by atoms with E-state index in [1.165, 1.54) is 6.08 Å². The van der Waals surface area contributed by atoms with Gasteiger partial charge in [-0.05, 0) is 34.5 Å². The average Bonchev–Trinajstić information content (AvgIpc) is 3.10. The maximum absolute atomic E-state index is 11.6. The third-order valence-corrected chi connectivity index (χ3v) is 3.33. The number of hydrogen-bond acceptors (Lipinski definition) is 4. The standard InChI is InChI=1S/C14H15NO3S/c1-17-13(12-5-7-19-10-12)8-15-14(16)3-2-11-4-6-18-9-11/h2-7,9-10,13H,8H2,1H3,(H,15,16)/b3-2+/t13-/m1/s1. The van der Waals surface area contributed by atoms with Crippen LogP contribution in [0.2, 0.25) is 0 Å². The van der Waals surface area contributed by atoms with Gasteiger partial charge >= 0.3 is 0 Å². The molecule has 0 bridgehead atoms. The zero-order chi connectivity index (χ0) is 13.5. The molecule has 0 aliphatic carbocycles. The summed E-state index contributed by atoms with van der Waals surface area (Å²) in [6.07, 6.45) is 6.20. The minimum absolute atomic E-state index is 0.113. The lowest BCUT2D eigenvalue weighted by Crippen LogP contribution is -2.27.